The van der Waals surface area contributed by atoms with E-state index in [1.807, 2.05) is 42.7 Å². The van der Waals surface area contributed by atoms with E-state index in [1.165, 1.54) is 11.3 Å². The summed E-state index contributed by atoms with van der Waals surface area (Å²) >= 11 is 2.94. The van der Waals surface area contributed by atoms with E-state index in [2.05, 4.69) is 9.98 Å². The Morgan fingerprint density at radius 3 is 2.71 bits per heavy atom. The number of pyridine rings is 1. The van der Waals surface area contributed by atoms with E-state index in [9.17, 15) is 9.59 Å². The smallest absolute Gasteiger partial charge is 0.338 e. The Bertz CT molecular complexity index is 1320. The number of thiazole rings is 1. The van der Waals surface area contributed by atoms with Gasteiger partial charge in [0, 0.05) is 17.3 Å². The lowest BCUT2D eigenvalue weighted by atomic mass is 9.96. The minimum atomic E-state index is -0.595. The molecule has 1 aromatic carbocycles. The van der Waals surface area contributed by atoms with E-state index in [0.717, 1.165) is 16.0 Å². The number of benzene rings is 1. The van der Waals surface area contributed by atoms with Gasteiger partial charge in [-0.2, -0.15) is 0 Å². The van der Waals surface area contributed by atoms with E-state index in [-0.39, 0.29) is 12.2 Å². The molecule has 1 atom stereocenters. The van der Waals surface area contributed by atoms with Crippen molar-refractivity contribution in [3.8, 4) is 0 Å². The maximum atomic E-state index is 13.4. The van der Waals surface area contributed by atoms with Crippen molar-refractivity contribution in [2.75, 3.05) is 12.9 Å². The molecule has 0 fully saturated rings. The van der Waals surface area contributed by atoms with Crippen LogP contribution in [0, 0.1) is 0 Å². The molecule has 0 N–H and O–H groups in total. The zero-order valence-electron chi connectivity index (χ0n) is 17.4. The van der Waals surface area contributed by atoms with Gasteiger partial charge < -0.3 is 4.74 Å². The Kier molecular flexibility index (Phi) is 6.20. The molecule has 0 spiro atoms. The minimum absolute atomic E-state index is 0.194. The first-order valence-corrected chi connectivity index (χ1v) is 11.8. The highest BCUT2D eigenvalue weighted by atomic mass is 32.2. The molecule has 0 bridgehead atoms. The number of nitrogens with zero attached hydrogens (tertiary/aromatic N) is 3. The number of ether oxygens (including phenoxy) is 1. The number of carbonyl (C=O) groups is 1. The van der Waals surface area contributed by atoms with Crippen molar-refractivity contribution in [3.63, 3.8) is 0 Å². The molecule has 8 heteroatoms. The van der Waals surface area contributed by atoms with Gasteiger partial charge in [0.15, 0.2) is 4.80 Å². The van der Waals surface area contributed by atoms with Crippen molar-refractivity contribution >= 4 is 35.1 Å². The first-order valence-electron chi connectivity index (χ1n) is 9.77. The highest BCUT2D eigenvalue weighted by Crippen LogP contribution is 2.31. The number of hydrogen-bond acceptors (Lipinski definition) is 7. The molecular weight excluding hydrogens is 430 g/mol. The van der Waals surface area contributed by atoms with Gasteiger partial charge in [0.1, 0.15) is 0 Å². The molecule has 0 aliphatic carbocycles. The maximum absolute atomic E-state index is 13.4. The van der Waals surface area contributed by atoms with Gasteiger partial charge in [-0.05, 0) is 55.5 Å². The fourth-order valence-electron chi connectivity index (χ4n) is 3.51. The van der Waals surface area contributed by atoms with E-state index in [0.29, 0.717) is 20.6 Å². The van der Waals surface area contributed by atoms with Gasteiger partial charge in [-0.3, -0.25) is 14.3 Å². The largest absolute Gasteiger partial charge is 0.463 e. The lowest BCUT2D eigenvalue weighted by molar-refractivity contribution is -0.139. The molecule has 31 heavy (non-hydrogen) atoms. The summed E-state index contributed by atoms with van der Waals surface area (Å²) in [6.07, 6.45) is 7.19. The summed E-state index contributed by atoms with van der Waals surface area (Å²) in [4.78, 5) is 36.7. The number of allylic oxidation sites excluding steroid dienone is 1. The first kappa shape index (κ1) is 21.3. The molecule has 1 unspecified atom stereocenters. The van der Waals surface area contributed by atoms with Crippen LogP contribution in [0.4, 0.5) is 0 Å². The van der Waals surface area contributed by atoms with Crippen LogP contribution in [0.2, 0.25) is 0 Å². The van der Waals surface area contributed by atoms with Crippen LogP contribution < -0.4 is 14.9 Å². The van der Waals surface area contributed by atoms with Crippen molar-refractivity contribution in [1.82, 2.24) is 9.55 Å². The number of fused-ring (bicyclic) bond motifs is 1. The van der Waals surface area contributed by atoms with Crippen molar-refractivity contribution in [1.29, 1.82) is 0 Å². The molecule has 2 aromatic heterocycles. The summed E-state index contributed by atoms with van der Waals surface area (Å²) < 4.78 is 7.45. The first-order chi connectivity index (χ1) is 15.0. The quantitative estimate of drug-likeness (QED) is 0.441. The van der Waals surface area contributed by atoms with Gasteiger partial charge in [-0.25, -0.2) is 9.79 Å². The standard InChI is InChI=1S/C23H21N3O3S2/c1-4-29-22(28)19-14(2)25-23-26(20(19)16-7-9-17(30-3)10-8-16)21(27)18(31-23)12-15-6-5-11-24-13-15/h5-13,20H,4H2,1-3H3/b18-12-. The Morgan fingerprint density at radius 2 is 2.06 bits per heavy atom. The van der Waals surface area contributed by atoms with Crippen LogP contribution in [0.1, 0.15) is 31.0 Å². The predicted molar refractivity (Wildman–Crippen MR) is 123 cm³/mol. The third kappa shape index (κ3) is 4.13. The van der Waals surface area contributed by atoms with Crippen LogP contribution in [-0.2, 0) is 9.53 Å². The molecule has 3 aromatic rings. The fourth-order valence-corrected chi connectivity index (χ4v) is 4.96. The molecule has 0 saturated carbocycles. The molecule has 0 saturated heterocycles. The van der Waals surface area contributed by atoms with Crippen LogP contribution >= 0.6 is 23.1 Å². The van der Waals surface area contributed by atoms with Gasteiger partial charge in [-0.1, -0.05) is 29.5 Å². The monoisotopic (exact) mass is 451 g/mol. The number of thioether (sulfide) groups is 1. The van der Waals surface area contributed by atoms with Gasteiger partial charge in [0.2, 0.25) is 0 Å². The summed E-state index contributed by atoms with van der Waals surface area (Å²) in [5, 5.41) is 0. The normalized spacial score (nSPS) is 16.1. The second-order valence-corrected chi connectivity index (χ2v) is 8.75. The SMILES string of the molecule is CCOC(=O)C1=C(C)N=c2s/c(=C\c3cccnc3)c(=O)n2C1c1ccc(SC)cc1. The molecule has 6 nitrogen and oxygen atoms in total. The van der Waals surface area contributed by atoms with E-state index < -0.39 is 12.0 Å². The Morgan fingerprint density at radius 1 is 1.29 bits per heavy atom. The van der Waals surface area contributed by atoms with Crippen LogP contribution in [0.15, 0.2) is 74.7 Å². The van der Waals surface area contributed by atoms with Crippen LogP contribution in [0.3, 0.4) is 0 Å². The summed E-state index contributed by atoms with van der Waals surface area (Å²) in [5.41, 5.74) is 2.42. The molecule has 1 aliphatic heterocycles. The van der Waals surface area contributed by atoms with Crippen molar-refractivity contribution in [3.05, 3.63) is 90.9 Å². The highest BCUT2D eigenvalue weighted by molar-refractivity contribution is 7.98. The second-order valence-electron chi connectivity index (χ2n) is 6.86. The van der Waals surface area contributed by atoms with Crippen molar-refractivity contribution < 1.29 is 9.53 Å². The zero-order chi connectivity index (χ0) is 22.0. The summed E-state index contributed by atoms with van der Waals surface area (Å²) in [7, 11) is 0. The van der Waals surface area contributed by atoms with Crippen molar-refractivity contribution in [2.24, 2.45) is 4.99 Å². The molecule has 1 aliphatic rings. The maximum Gasteiger partial charge on any atom is 0.338 e. The van der Waals surface area contributed by atoms with Crippen molar-refractivity contribution in [2.45, 2.75) is 24.8 Å². The average molecular weight is 452 g/mol. The molecule has 158 valence electrons. The van der Waals surface area contributed by atoms with E-state index >= 15 is 0 Å². The highest BCUT2D eigenvalue weighted by Gasteiger charge is 2.33. The summed E-state index contributed by atoms with van der Waals surface area (Å²) in [5.74, 6) is -0.454. The number of carbonyl (C=O) groups excluding carboxylic acids is 1. The van der Waals surface area contributed by atoms with Gasteiger partial charge in [0.25, 0.3) is 5.56 Å². The topological polar surface area (TPSA) is 73.6 Å². The lowest BCUT2D eigenvalue weighted by Gasteiger charge is -2.24. The fraction of sp³-hybridized carbons (Fsp3) is 0.217. The summed E-state index contributed by atoms with van der Waals surface area (Å²) in [6, 6.07) is 11.0. The number of esters is 1. The third-order valence-corrected chi connectivity index (χ3v) is 6.66. The predicted octanol–water partition coefficient (Wildman–Crippen LogP) is 2.92. The Labute approximate surface area is 187 Å². The Hall–Kier alpha value is -2.97. The molecule has 0 radical (unpaired) electrons. The van der Waals surface area contributed by atoms with Crippen LogP contribution in [-0.4, -0.2) is 28.4 Å². The molecule has 3 heterocycles. The van der Waals surface area contributed by atoms with E-state index in [1.54, 1.807) is 48.6 Å². The molecular formula is C23H21N3O3S2. The Balaban J connectivity index is 1.95. The van der Waals surface area contributed by atoms with Gasteiger partial charge in [0.05, 0.1) is 28.5 Å². The third-order valence-electron chi connectivity index (χ3n) is 4.93. The molecule has 4 rings (SSSR count). The second kappa shape index (κ2) is 9.03. The lowest BCUT2D eigenvalue weighted by Crippen LogP contribution is -2.39. The van der Waals surface area contributed by atoms with Gasteiger partial charge in [-0.15, -0.1) is 11.8 Å². The molecule has 0 amide bonds. The van der Waals surface area contributed by atoms with Crippen LogP contribution in [0.5, 0.6) is 0 Å². The average Bonchev–Trinajstić information content (AvgIpc) is 3.08. The summed E-state index contributed by atoms with van der Waals surface area (Å²) in [6.45, 7) is 3.80. The number of aromatic nitrogens is 2. The minimum Gasteiger partial charge on any atom is -0.463 e. The zero-order valence-corrected chi connectivity index (χ0v) is 19.0. The number of rotatable bonds is 5. The van der Waals surface area contributed by atoms with Crippen LogP contribution in [0.25, 0.3) is 6.08 Å². The van der Waals surface area contributed by atoms with Gasteiger partial charge >= 0.3 is 5.97 Å². The number of hydrogen-bond donors (Lipinski definition) is 0. The van der Waals surface area contributed by atoms with E-state index in [4.69, 9.17) is 4.74 Å².